The Balaban J connectivity index is 2.46. The van der Waals surface area contributed by atoms with E-state index in [9.17, 15) is 0 Å². The molecule has 0 aliphatic heterocycles. The molecule has 1 aliphatic carbocycles. The molecule has 0 spiro atoms. The maximum Gasteiger partial charge on any atom is -0.0168 e. The summed E-state index contributed by atoms with van der Waals surface area (Å²) < 4.78 is 0. The predicted molar refractivity (Wildman–Crippen MR) is 59.8 cm³/mol. The van der Waals surface area contributed by atoms with Crippen LogP contribution in [0.2, 0.25) is 0 Å². The molecule has 0 radical (unpaired) electrons. The maximum absolute atomic E-state index is 4.19. The van der Waals surface area contributed by atoms with E-state index in [-0.39, 0.29) is 0 Å². The third kappa shape index (κ3) is 3.38. The summed E-state index contributed by atoms with van der Waals surface area (Å²) in [5.41, 5.74) is 2.84. The van der Waals surface area contributed by atoms with Crippen LogP contribution in [-0.4, -0.2) is 0 Å². The fourth-order valence-corrected chi connectivity index (χ4v) is 2.01. The Labute approximate surface area is 82.7 Å². The summed E-state index contributed by atoms with van der Waals surface area (Å²) >= 11 is 0. The van der Waals surface area contributed by atoms with Crippen molar-refractivity contribution in [3.63, 3.8) is 0 Å². The first-order chi connectivity index (χ1) is 6.24. The highest BCUT2D eigenvalue weighted by Crippen LogP contribution is 2.29. The van der Waals surface area contributed by atoms with E-state index in [0.29, 0.717) is 0 Å². The molecule has 0 aromatic heterocycles. The van der Waals surface area contributed by atoms with E-state index in [0.717, 1.165) is 12.3 Å². The van der Waals surface area contributed by atoms with Gasteiger partial charge in [-0.25, -0.2) is 0 Å². The van der Waals surface area contributed by atoms with Crippen molar-refractivity contribution < 1.29 is 0 Å². The molecule has 1 rings (SSSR count). The van der Waals surface area contributed by atoms with Gasteiger partial charge in [-0.1, -0.05) is 50.0 Å². The molecule has 0 aromatic rings. The summed E-state index contributed by atoms with van der Waals surface area (Å²) in [6.45, 7) is 8.60. The van der Waals surface area contributed by atoms with Crippen LogP contribution in [0.15, 0.2) is 23.8 Å². The Hall–Kier alpha value is -0.520. The predicted octanol–water partition coefficient (Wildman–Crippen LogP) is 4.48. The Morgan fingerprint density at radius 3 is 2.46 bits per heavy atom. The highest BCUT2D eigenvalue weighted by atomic mass is 14.2. The van der Waals surface area contributed by atoms with E-state index in [1.165, 1.54) is 43.3 Å². The smallest absolute Gasteiger partial charge is 0.0168 e. The van der Waals surface area contributed by atoms with Crippen LogP contribution < -0.4 is 0 Å². The van der Waals surface area contributed by atoms with Crippen LogP contribution in [0.4, 0.5) is 0 Å². The molecule has 0 amide bonds. The second-order valence-corrected chi connectivity index (χ2v) is 4.25. The lowest BCUT2D eigenvalue weighted by Crippen LogP contribution is -2.07. The summed E-state index contributed by atoms with van der Waals surface area (Å²) in [6.07, 6.45) is 10.4. The van der Waals surface area contributed by atoms with Gasteiger partial charge in [-0.3, -0.25) is 0 Å². The van der Waals surface area contributed by atoms with Crippen molar-refractivity contribution in [3.8, 4) is 0 Å². The molecule has 0 aromatic carbocycles. The molecule has 1 fully saturated rings. The van der Waals surface area contributed by atoms with Crippen LogP contribution in [0, 0.1) is 5.92 Å². The van der Waals surface area contributed by atoms with E-state index >= 15 is 0 Å². The third-order valence-corrected chi connectivity index (χ3v) is 3.12. The monoisotopic (exact) mass is 178 g/mol. The zero-order chi connectivity index (χ0) is 9.68. The van der Waals surface area contributed by atoms with Crippen LogP contribution in [-0.2, 0) is 0 Å². The minimum Gasteiger partial charge on any atom is -0.0956 e. The van der Waals surface area contributed by atoms with Crippen LogP contribution in [0.3, 0.4) is 0 Å². The number of hydrogen-bond donors (Lipinski definition) is 0. The van der Waals surface area contributed by atoms with Gasteiger partial charge in [0.25, 0.3) is 0 Å². The number of rotatable bonds is 3. The minimum atomic E-state index is 0.787. The van der Waals surface area contributed by atoms with Crippen molar-refractivity contribution in [1.29, 1.82) is 0 Å². The molecule has 0 bridgehead atoms. The van der Waals surface area contributed by atoms with Gasteiger partial charge in [0.15, 0.2) is 0 Å². The van der Waals surface area contributed by atoms with E-state index in [4.69, 9.17) is 0 Å². The van der Waals surface area contributed by atoms with Crippen molar-refractivity contribution >= 4 is 0 Å². The largest absolute Gasteiger partial charge is 0.0956 e. The first kappa shape index (κ1) is 10.6. The fraction of sp³-hybridized carbons (Fsp3) is 0.692. The molecule has 0 atom stereocenters. The van der Waals surface area contributed by atoms with E-state index in [1.807, 2.05) is 0 Å². The highest BCUT2D eigenvalue weighted by molar-refractivity contribution is 5.22. The standard InChI is InChI=1S/C13H22/c1-4-11(2)10-12(3)13-8-6-5-7-9-13/h10,13H,3-9H2,1-2H3/b11-10-. The molecule has 1 saturated carbocycles. The fourth-order valence-electron chi connectivity index (χ4n) is 2.01. The van der Waals surface area contributed by atoms with Gasteiger partial charge in [0.2, 0.25) is 0 Å². The summed E-state index contributed by atoms with van der Waals surface area (Å²) in [4.78, 5) is 0. The van der Waals surface area contributed by atoms with E-state index in [2.05, 4.69) is 26.5 Å². The molecule has 0 nitrogen and oxygen atoms in total. The van der Waals surface area contributed by atoms with Crippen LogP contribution in [0.5, 0.6) is 0 Å². The van der Waals surface area contributed by atoms with Crippen molar-refractivity contribution in [1.82, 2.24) is 0 Å². The van der Waals surface area contributed by atoms with E-state index < -0.39 is 0 Å². The molecule has 0 unspecified atom stereocenters. The van der Waals surface area contributed by atoms with Crippen LogP contribution in [0.25, 0.3) is 0 Å². The van der Waals surface area contributed by atoms with Crippen molar-refractivity contribution in [2.24, 2.45) is 5.92 Å². The average molecular weight is 178 g/mol. The molecular formula is C13H22. The van der Waals surface area contributed by atoms with Gasteiger partial charge in [0.1, 0.15) is 0 Å². The second kappa shape index (κ2) is 5.26. The highest BCUT2D eigenvalue weighted by Gasteiger charge is 2.14. The lowest BCUT2D eigenvalue weighted by Gasteiger charge is -2.22. The Kier molecular flexibility index (Phi) is 4.27. The Bertz CT molecular complexity index is 192. The van der Waals surface area contributed by atoms with Crippen LogP contribution in [0.1, 0.15) is 52.4 Å². The van der Waals surface area contributed by atoms with Gasteiger partial charge in [0, 0.05) is 0 Å². The molecule has 0 N–H and O–H groups in total. The first-order valence-corrected chi connectivity index (χ1v) is 5.60. The van der Waals surface area contributed by atoms with Crippen molar-refractivity contribution in [2.75, 3.05) is 0 Å². The quantitative estimate of drug-likeness (QED) is 0.559. The summed E-state index contributed by atoms with van der Waals surface area (Å²) in [5, 5.41) is 0. The van der Waals surface area contributed by atoms with Gasteiger partial charge in [-0.05, 0) is 32.1 Å². The molecule has 74 valence electrons. The molecule has 0 heterocycles. The average Bonchev–Trinajstić information content (AvgIpc) is 2.19. The topological polar surface area (TPSA) is 0 Å². The Morgan fingerprint density at radius 1 is 1.31 bits per heavy atom. The molecular weight excluding hydrogens is 156 g/mol. The van der Waals surface area contributed by atoms with Gasteiger partial charge in [0.05, 0.1) is 0 Å². The van der Waals surface area contributed by atoms with Gasteiger partial charge >= 0.3 is 0 Å². The zero-order valence-corrected chi connectivity index (χ0v) is 9.10. The summed E-state index contributed by atoms with van der Waals surface area (Å²) in [6, 6.07) is 0. The van der Waals surface area contributed by atoms with E-state index in [1.54, 1.807) is 0 Å². The number of allylic oxidation sites excluding steroid dienone is 3. The van der Waals surface area contributed by atoms with Gasteiger partial charge in [-0.2, -0.15) is 0 Å². The lowest BCUT2D eigenvalue weighted by atomic mass is 9.84. The lowest BCUT2D eigenvalue weighted by molar-refractivity contribution is 0.409. The van der Waals surface area contributed by atoms with Gasteiger partial charge in [-0.15, -0.1) is 0 Å². The molecule has 0 heteroatoms. The third-order valence-electron chi connectivity index (χ3n) is 3.12. The molecule has 0 saturated heterocycles. The number of hydrogen-bond acceptors (Lipinski definition) is 0. The molecule has 13 heavy (non-hydrogen) atoms. The maximum atomic E-state index is 4.19. The SMILES string of the molecule is C=C(/C=C(/C)CC)C1CCCCC1. The Morgan fingerprint density at radius 2 is 1.92 bits per heavy atom. The second-order valence-electron chi connectivity index (χ2n) is 4.25. The first-order valence-electron chi connectivity index (χ1n) is 5.60. The minimum absolute atomic E-state index is 0.787. The molecule has 1 aliphatic rings. The zero-order valence-electron chi connectivity index (χ0n) is 9.10. The summed E-state index contributed by atoms with van der Waals surface area (Å²) in [7, 11) is 0. The van der Waals surface area contributed by atoms with Crippen molar-refractivity contribution in [3.05, 3.63) is 23.8 Å². The van der Waals surface area contributed by atoms with Gasteiger partial charge < -0.3 is 0 Å². The normalized spacial score (nSPS) is 20.3. The van der Waals surface area contributed by atoms with Crippen LogP contribution >= 0.6 is 0 Å². The summed E-state index contributed by atoms with van der Waals surface area (Å²) in [5.74, 6) is 0.787. The van der Waals surface area contributed by atoms with Crippen molar-refractivity contribution in [2.45, 2.75) is 52.4 Å².